The molecular weight excluding hydrogens is 404 g/mol. The van der Waals surface area contributed by atoms with Gasteiger partial charge in [0.1, 0.15) is 0 Å². The fourth-order valence-electron chi connectivity index (χ4n) is 4.05. The first-order valence-electron chi connectivity index (χ1n) is 11.4. The Labute approximate surface area is 187 Å². The van der Waals surface area contributed by atoms with Crippen LogP contribution < -0.4 is 16.0 Å². The Morgan fingerprint density at radius 3 is 2.69 bits per heavy atom. The van der Waals surface area contributed by atoms with Crippen LogP contribution in [0.1, 0.15) is 57.9 Å². The van der Waals surface area contributed by atoms with Crippen LogP contribution in [0.2, 0.25) is 0 Å². The predicted octanol–water partition coefficient (Wildman–Crippen LogP) is 3.61. The van der Waals surface area contributed by atoms with E-state index in [9.17, 15) is 9.59 Å². The number of ketones is 1. The molecule has 32 heavy (non-hydrogen) atoms. The lowest BCUT2D eigenvalue weighted by Crippen LogP contribution is -2.43. The maximum absolute atomic E-state index is 12.7. The number of anilines is 2. The van der Waals surface area contributed by atoms with E-state index in [1.54, 1.807) is 0 Å². The van der Waals surface area contributed by atoms with E-state index in [2.05, 4.69) is 20.9 Å². The fraction of sp³-hybridized carbons (Fsp3) is 0.400. The van der Waals surface area contributed by atoms with Crippen molar-refractivity contribution in [1.29, 1.82) is 0 Å². The summed E-state index contributed by atoms with van der Waals surface area (Å²) < 4.78 is 5.18. The van der Waals surface area contributed by atoms with Crippen molar-refractivity contribution in [1.82, 2.24) is 10.6 Å². The highest BCUT2D eigenvalue weighted by molar-refractivity contribution is 6.06. The minimum atomic E-state index is -0.154. The fourth-order valence-corrected chi connectivity index (χ4v) is 4.05. The van der Waals surface area contributed by atoms with Crippen molar-refractivity contribution < 1.29 is 14.3 Å². The molecule has 0 aromatic heterocycles. The third-order valence-electron chi connectivity index (χ3n) is 6.10. The van der Waals surface area contributed by atoms with Gasteiger partial charge in [0.05, 0.1) is 13.2 Å². The highest BCUT2D eigenvalue weighted by Crippen LogP contribution is 2.44. The number of nitrogens with one attached hydrogen (secondary N) is 3. The smallest absolute Gasteiger partial charge is 0.257 e. The summed E-state index contributed by atoms with van der Waals surface area (Å²) in [5.74, 6) is 1.34. The number of Topliss-reactive ketones (excluding diaryl/α,β-unsaturated/α-hetero) is 1. The third kappa shape index (κ3) is 4.83. The molecule has 3 N–H and O–H groups in total. The first-order chi connectivity index (χ1) is 15.7. The molecule has 7 nitrogen and oxygen atoms in total. The number of amides is 1. The Balaban J connectivity index is 1.31. The second kappa shape index (κ2) is 9.12. The molecule has 0 unspecified atom stereocenters. The second-order valence-electron chi connectivity index (χ2n) is 8.78. The van der Waals surface area contributed by atoms with Crippen LogP contribution in [0.25, 0.3) is 0 Å². The summed E-state index contributed by atoms with van der Waals surface area (Å²) in [7, 11) is 0. The molecule has 7 heteroatoms. The van der Waals surface area contributed by atoms with E-state index in [0.29, 0.717) is 48.6 Å². The van der Waals surface area contributed by atoms with Gasteiger partial charge >= 0.3 is 0 Å². The van der Waals surface area contributed by atoms with E-state index in [1.807, 2.05) is 42.5 Å². The normalized spacial score (nSPS) is 18.2. The number of benzene rings is 2. The SMILES string of the molecule is O=C(CC1COC1)c1cccc(Nc2ccc(C(=O)NC3=NCCCN3)cc2C2CC2)c1. The summed E-state index contributed by atoms with van der Waals surface area (Å²) in [5, 5.41) is 9.46. The molecule has 0 bridgehead atoms. The predicted molar refractivity (Wildman–Crippen MR) is 124 cm³/mol. The summed E-state index contributed by atoms with van der Waals surface area (Å²) in [6.07, 6.45) is 3.75. The van der Waals surface area contributed by atoms with Gasteiger partial charge < -0.3 is 15.4 Å². The van der Waals surface area contributed by atoms with E-state index in [4.69, 9.17) is 4.74 Å². The van der Waals surface area contributed by atoms with Gasteiger partial charge in [0.15, 0.2) is 11.7 Å². The number of carbonyl (C=O) groups excluding carboxylic acids is 2. The molecule has 2 heterocycles. The van der Waals surface area contributed by atoms with Crippen molar-refractivity contribution in [3.05, 3.63) is 59.2 Å². The number of hydrogen-bond acceptors (Lipinski definition) is 6. The van der Waals surface area contributed by atoms with Gasteiger partial charge in [-0.05, 0) is 61.1 Å². The maximum Gasteiger partial charge on any atom is 0.257 e. The standard InChI is InChI=1S/C25H28N4O3/c30-23(11-16-14-32-15-16)18-3-1-4-20(12-18)28-22-8-7-19(13-21(22)17-5-6-17)24(31)29-25-26-9-2-10-27-25/h1,3-4,7-8,12-13,16-17,28H,2,5-6,9-11,14-15H2,(H2,26,27,29,31). The van der Waals surface area contributed by atoms with Gasteiger partial charge in [-0.3, -0.25) is 19.9 Å². The minimum Gasteiger partial charge on any atom is -0.381 e. The molecule has 2 aliphatic heterocycles. The lowest BCUT2D eigenvalue weighted by atomic mass is 9.96. The van der Waals surface area contributed by atoms with Gasteiger partial charge in [0.25, 0.3) is 5.91 Å². The summed E-state index contributed by atoms with van der Waals surface area (Å²) in [4.78, 5) is 29.6. The van der Waals surface area contributed by atoms with Gasteiger partial charge in [0.2, 0.25) is 0 Å². The van der Waals surface area contributed by atoms with Crippen molar-refractivity contribution in [3.63, 3.8) is 0 Å². The Morgan fingerprint density at radius 1 is 1.09 bits per heavy atom. The molecule has 0 spiro atoms. The number of guanidine groups is 1. The van der Waals surface area contributed by atoms with Gasteiger partial charge in [0, 0.05) is 47.9 Å². The Hall–Kier alpha value is -3.19. The van der Waals surface area contributed by atoms with Crippen molar-refractivity contribution in [2.45, 2.75) is 31.6 Å². The molecule has 5 rings (SSSR count). The molecule has 1 saturated carbocycles. The number of carbonyl (C=O) groups is 2. The molecule has 2 aromatic rings. The lowest BCUT2D eigenvalue weighted by Gasteiger charge is -2.25. The summed E-state index contributed by atoms with van der Waals surface area (Å²) >= 11 is 0. The zero-order valence-corrected chi connectivity index (χ0v) is 18.0. The molecule has 0 radical (unpaired) electrons. The van der Waals surface area contributed by atoms with Gasteiger partial charge in [-0.1, -0.05) is 12.1 Å². The maximum atomic E-state index is 12.7. The van der Waals surface area contributed by atoms with Crippen LogP contribution in [0.4, 0.5) is 11.4 Å². The number of rotatable bonds is 7. The molecule has 0 atom stereocenters. The first-order valence-corrected chi connectivity index (χ1v) is 11.4. The van der Waals surface area contributed by atoms with Crippen LogP contribution in [0.3, 0.4) is 0 Å². The average Bonchev–Trinajstić information content (AvgIpc) is 3.62. The zero-order valence-electron chi connectivity index (χ0n) is 18.0. The van der Waals surface area contributed by atoms with Crippen molar-refractivity contribution in [2.24, 2.45) is 10.9 Å². The summed E-state index contributed by atoms with van der Waals surface area (Å²) in [6.45, 7) is 2.91. The van der Waals surface area contributed by atoms with E-state index in [-0.39, 0.29) is 11.7 Å². The van der Waals surface area contributed by atoms with E-state index < -0.39 is 0 Å². The molecule has 2 aromatic carbocycles. The number of aliphatic imine (C=N–C) groups is 1. The summed E-state index contributed by atoms with van der Waals surface area (Å²) in [5.41, 5.74) is 4.33. The molecule has 2 fully saturated rings. The quantitative estimate of drug-likeness (QED) is 0.582. The topological polar surface area (TPSA) is 91.8 Å². The largest absolute Gasteiger partial charge is 0.381 e. The third-order valence-corrected chi connectivity index (χ3v) is 6.10. The number of hydrogen-bond donors (Lipinski definition) is 3. The molecule has 1 amide bonds. The number of ether oxygens (including phenoxy) is 1. The van der Waals surface area contributed by atoms with Crippen LogP contribution in [-0.4, -0.2) is 44.0 Å². The van der Waals surface area contributed by atoms with Crippen LogP contribution in [0.5, 0.6) is 0 Å². The van der Waals surface area contributed by atoms with Crippen LogP contribution in [-0.2, 0) is 4.74 Å². The highest BCUT2D eigenvalue weighted by atomic mass is 16.5. The average molecular weight is 433 g/mol. The Bertz CT molecular complexity index is 1060. The molecule has 1 aliphatic carbocycles. The van der Waals surface area contributed by atoms with E-state index >= 15 is 0 Å². The Morgan fingerprint density at radius 2 is 1.97 bits per heavy atom. The second-order valence-corrected chi connectivity index (χ2v) is 8.78. The van der Waals surface area contributed by atoms with Gasteiger partial charge in [-0.2, -0.15) is 0 Å². The monoisotopic (exact) mass is 432 g/mol. The van der Waals surface area contributed by atoms with Crippen molar-refractivity contribution in [2.75, 3.05) is 31.6 Å². The zero-order chi connectivity index (χ0) is 21.9. The summed E-state index contributed by atoms with van der Waals surface area (Å²) in [6, 6.07) is 13.4. The van der Waals surface area contributed by atoms with Gasteiger partial charge in [-0.15, -0.1) is 0 Å². The highest BCUT2D eigenvalue weighted by Gasteiger charge is 2.27. The number of nitrogens with zero attached hydrogens (tertiary/aromatic N) is 1. The Kier molecular flexibility index (Phi) is 5.90. The minimum absolute atomic E-state index is 0.149. The lowest BCUT2D eigenvalue weighted by molar-refractivity contribution is -0.0321. The molecule has 166 valence electrons. The van der Waals surface area contributed by atoms with Crippen molar-refractivity contribution >= 4 is 29.0 Å². The van der Waals surface area contributed by atoms with E-state index in [1.165, 1.54) is 0 Å². The van der Waals surface area contributed by atoms with Crippen LogP contribution in [0.15, 0.2) is 47.5 Å². The molecule has 1 saturated heterocycles. The van der Waals surface area contributed by atoms with Gasteiger partial charge in [-0.25, -0.2) is 0 Å². The van der Waals surface area contributed by atoms with E-state index in [0.717, 1.165) is 49.3 Å². The first kappa shape index (κ1) is 20.7. The van der Waals surface area contributed by atoms with Crippen LogP contribution >= 0.6 is 0 Å². The molecular formula is C25H28N4O3. The van der Waals surface area contributed by atoms with Crippen molar-refractivity contribution in [3.8, 4) is 0 Å². The van der Waals surface area contributed by atoms with Crippen LogP contribution in [0, 0.1) is 5.92 Å². The molecule has 3 aliphatic rings.